The highest BCUT2D eigenvalue weighted by Crippen LogP contribution is 2.07. The summed E-state index contributed by atoms with van der Waals surface area (Å²) in [6, 6.07) is 0. The van der Waals surface area contributed by atoms with Gasteiger partial charge in [0.15, 0.2) is 0 Å². The SMILES string of the molecule is CCOCC(Cl)CSCC. The number of rotatable bonds is 6. The maximum absolute atomic E-state index is 5.89. The lowest BCUT2D eigenvalue weighted by Gasteiger charge is -2.06. The van der Waals surface area contributed by atoms with Gasteiger partial charge in [-0.25, -0.2) is 0 Å². The van der Waals surface area contributed by atoms with E-state index in [1.807, 2.05) is 18.7 Å². The van der Waals surface area contributed by atoms with Gasteiger partial charge >= 0.3 is 0 Å². The minimum Gasteiger partial charge on any atom is -0.380 e. The van der Waals surface area contributed by atoms with Crippen molar-refractivity contribution in [3.8, 4) is 0 Å². The molecule has 0 rings (SSSR count). The molecule has 0 heterocycles. The molecular weight excluding hydrogens is 168 g/mol. The van der Waals surface area contributed by atoms with Crippen LogP contribution in [0.5, 0.6) is 0 Å². The van der Waals surface area contributed by atoms with E-state index in [4.69, 9.17) is 16.3 Å². The predicted octanol–water partition coefficient (Wildman–Crippen LogP) is 2.38. The van der Waals surface area contributed by atoms with E-state index < -0.39 is 0 Å². The van der Waals surface area contributed by atoms with Crippen molar-refractivity contribution in [2.24, 2.45) is 0 Å². The van der Waals surface area contributed by atoms with Crippen LogP contribution in [0.3, 0.4) is 0 Å². The number of halogens is 1. The normalized spacial score (nSPS) is 13.5. The van der Waals surface area contributed by atoms with Gasteiger partial charge < -0.3 is 4.74 Å². The predicted molar refractivity (Wildman–Crippen MR) is 49.1 cm³/mol. The standard InChI is InChI=1S/C7H15ClOS/c1-3-9-5-7(8)6-10-4-2/h7H,3-6H2,1-2H3. The van der Waals surface area contributed by atoms with Crippen molar-refractivity contribution in [1.29, 1.82) is 0 Å². The van der Waals surface area contributed by atoms with Gasteiger partial charge in [0.1, 0.15) is 0 Å². The fraction of sp³-hybridized carbons (Fsp3) is 1.00. The molecule has 0 amide bonds. The first-order valence-corrected chi connectivity index (χ1v) is 5.19. The summed E-state index contributed by atoms with van der Waals surface area (Å²) >= 11 is 7.75. The number of alkyl halides is 1. The third-order valence-corrected chi connectivity index (χ3v) is 2.52. The van der Waals surface area contributed by atoms with Crippen molar-refractivity contribution in [2.45, 2.75) is 19.2 Å². The van der Waals surface area contributed by atoms with Crippen molar-refractivity contribution in [3.63, 3.8) is 0 Å². The van der Waals surface area contributed by atoms with Crippen molar-refractivity contribution in [1.82, 2.24) is 0 Å². The highest BCUT2D eigenvalue weighted by molar-refractivity contribution is 7.99. The van der Waals surface area contributed by atoms with Gasteiger partial charge in [-0.3, -0.25) is 0 Å². The Morgan fingerprint density at radius 2 is 2.20 bits per heavy atom. The average Bonchev–Trinajstić information content (AvgIpc) is 1.97. The summed E-state index contributed by atoms with van der Waals surface area (Å²) in [5.41, 5.74) is 0. The second-order valence-corrected chi connectivity index (χ2v) is 3.85. The number of ether oxygens (including phenoxy) is 1. The third-order valence-electron chi connectivity index (χ3n) is 1.01. The van der Waals surface area contributed by atoms with Gasteiger partial charge in [-0.1, -0.05) is 6.92 Å². The Morgan fingerprint density at radius 1 is 1.50 bits per heavy atom. The Labute approximate surface area is 72.5 Å². The quantitative estimate of drug-likeness (QED) is 0.584. The first-order valence-electron chi connectivity index (χ1n) is 3.60. The first-order chi connectivity index (χ1) is 4.81. The topological polar surface area (TPSA) is 9.23 Å². The van der Waals surface area contributed by atoms with Crippen LogP contribution in [-0.2, 0) is 4.74 Å². The minimum absolute atomic E-state index is 0.185. The summed E-state index contributed by atoms with van der Waals surface area (Å²) in [6.07, 6.45) is 0. The second-order valence-electron chi connectivity index (χ2n) is 1.92. The Kier molecular flexibility index (Phi) is 8.17. The fourth-order valence-corrected chi connectivity index (χ4v) is 1.48. The van der Waals surface area contributed by atoms with E-state index in [0.717, 1.165) is 18.1 Å². The molecule has 0 N–H and O–H groups in total. The number of thioether (sulfide) groups is 1. The molecule has 0 aliphatic heterocycles. The largest absolute Gasteiger partial charge is 0.380 e. The lowest BCUT2D eigenvalue weighted by molar-refractivity contribution is 0.151. The molecule has 1 unspecified atom stereocenters. The Balaban J connectivity index is 3.00. The first kappa shape index (κ1) is 10.6. The molecule has 0 aromatic rings. The van der Waals surface area contributed by atoms with Crippen LogP contribution in [0.25, 0.3) is 0 Å². The molecule has 1 atom stereocenters. The summed E-state index contributed by atoms with van der Waals surface area (Å²) in [4.78, 5) is 0. The van der Waals surface area contributed by atoms with Gasteiger partial charge in [-0.2, -0.15) is 11.8 Å². The number of hydrogen-bond donors (Lipinski definition) is 0. The molecule has 10 heavy (non-hydrogen) atoms. The highest BCUT2D eigenvalue weighted by Gasteiger charge is 2.02. The van der Waals surface area contributed by atoms with E-state index in [-0.39, 0.29) is 5.38 Å². The third kappa shape index (κ3) is 6.72. The van der Waals surface area contributed by atoms with Gasteiger partial charge in [0.25, 0.3) is 0 Å². The molecule has 3 heteroatoms. The molecule has 0 aromatic carbocycles. The van der Waals surface area contributed by atoms with Gasteiger partial charge in [0.05, 0.1) is 12.0 Å². The molecule has 0 aliphatic carbocycles. The summed E-state index contributed by atoms with van der Waals surface area (Å²) < 4.78 is 5.15. The number of hydrogen-bond acceptors (Lipinski definition) is 2. The molecule has 0 fully saturated rings. The van der Waals surface area contributed by atoms with Crippen LogP contribution in [0, 0.1) is 0 Å². The zero-order chi connectivity index (χ0) is 7.82. The molecule has 0 spiro atoms. The molecule has 0 saturated carbocycles. The molecule has 0 radical (unpaired) electrons. The molecular formula is C7H15ClOS. The van der Waals surface area contributed by atoms with E-state index in [1.165, 1.54) is 0 Å². The fourth-order valence-electron chi connectivity index (χ4n) is 0.540. The minimum atomic E-state index is 0.185. The van der Waals surface area contributed by atoms with Crippen LogP contribution >= 0.6 is 23.4 Å². The van der Waals surface area contributed by atoms with Gasteiger partial charge in [-0.05, 0) is 12.7 Å². The van der Waals surface area contributed by atoms with Crippen molar-refractivity contribution < 1.29 is 4.74 Å². The maximum atomic E-state index is 5.89. The molecule has 0 saturated heterocycles. The Bertz CT molecular complexity index is 62.6. The summed E-state index contributed by atoms with van der Waals surface area (Å²) in [6.45, 7) is 5.57. The monoisotopic (exact) mass is 182 g/mol. The molecule has 1 nitrogen and oxygen atoms in total. The molecule has 0 aliphatic rings. The highest BCUT2D eigenvalue weighted by atomic mass is 35.5. The van der Waals surface area contributed by atoms with Gasteiger partial charge in [-0.15, -0.1) is 11.6 Å². The zero-order valence-corrected chi connectivity index (χ0v) is 8.17. The summed E-state index contributed by atoms with van der Waals surface area (Å²) in [7, 11) is 0. The van der Waals surface area contributed by atoms with Crippen molar-refractivity contribution in [2.75, 3.05) is 24.7 Å². The summed E-state index contributed by atoms with van der Waals surface area (Å²) in [5, 5.41) is 0.185. The van der Waals surface area contributed by atoms with Crippen LogP contribution < -0.4 is 0 Å². The molecule has 0 bridgehead atoms. The van der Waals surface area contributed by atoms with Crippen molar-refractivity contribution >= 4 is 23.4 Å². The Hall–Kier alpha value is 0.600. The zero-order valence-electron chi connectivity index (χ0n) is 6.60. The van der Waals surface area contributed by atoms with E-state index in [0.29, 0.717) is 6.61 Å². The lowest BCUT2D eigenvalue weighted by Crippen LogP contribution is -2.11. The molecule has 62 valence electrons. The van der Waals surface area contributed by atoms with Gasteiger partial charge in [0.2, 0.25) is 0 Å². The second kappa shape index (κ2) is 7.70. The van der Waals surface area contributed by atoms with Gasteiger partial charge in [0, 0.05) is 12.4 Å². The van der Waals surface area contributed by atoms with Crippen LogP contribution in [0.15, 0.2) is 0 Å². The van der Waals surface area contributed by atoms with Crippen molar-refractivity contribution in [3.05, 3.63) is 0 Å². The van der Waals surface area contributed by atoms with E-state index in [2.05, 4.69) is 6.92 Å². The lowest BCUT2D eigenvalue weighted by atomic mass is 10.5. The summed E-state index contributed by atoms with van der Waals surface area (Å²) in [5.74, 6) is 2.13. The van der Waals surface area contributed by atoms with Crippen LogP contribution in [0.4, 0.5) is 0 Å². The van der Waals surface area contributed by atoms with E-state index in [1.54, 1.807) is 0 Å². The smallest absolute Gasteiger partial charge is 0.0660 e. The average molecular weight is 183 g/mol. The van der Waals surface area contributed by atoms with E-state index >= 15 is 0 Å². The Morgan fingerprint density at radius 3 is 2.70 bits per heavy atom. The van der Waals surface area contributed by atoms with Crippen LogP contribution in [0.1, 0.15) is 13.8 Å². The van der Waals surface area contributed by atoms with Crippen LogP contribution in [0.2, 0.25) is 0 Å². The van der Waals surface area contributed by atoms with E-state index in [9.17, 15) is 0 Å². The maximum Gasteiger partial charge on any atom is 0.0660 e. The molecule has 0 aromatic heterocycles. The van der Waals surface area contributed by atoms with Crippen LogP contribution in [-0.4, -0.2) is 30.1 Å².